The maximum atomic E-state index is 12.9. The van der Waals surface area contributed by atoms with Crippen molar-refractivity contribution < 1.29 is 9.53 Å². The van der Waals surface area contributed by atoms with E-state index in [1.807, 2.05) is 25.7 Å². The average molecular weight is 412 g/mol. The van der Waals surface area contributed by atoms with Crippen molar-refractivity contribution in [3.63, 3.8) is 0 Å². The van der Waals surface area contributed by atoms with E-state index in [1.165, 1.54) is 36.8 Å². The summed E-state index contributed by atoms with van der Waals surface area (Å²) in [6, 6.07) is 11.0. The molecule has 3 saturated heterocycles. The van der Waals surface area contributed by atoms with Crippen LogP contribution in [0.3, 0.4) is 0 Å². The van der Waals surface area contributed by atoms with E-state index in [1.54, 1.807) is 0 Å². The Hall–Kier alpha value is -1.59. The van der Waals surface area contributed by atoms with E-state index in [0.29, 0.717) is 6.54 Å². The Kier molecular flexibility index (Phi) is 5.10. The molecule has 0 radical (unpaired) electrons. The van der Waals surface area contributed by atoms with Crippen molar-refractivity contribution in [2.24, 2.45) is 0 Å². The summed E-state index contributed by atoms with van der Waals surface area (Å²) in [6.07, 6.45) is 7.42. The summed E-state index contributed by atoms with van der Waals surface area (Å²) >= 11 is 0. The molecule has 4 aliphatic heterocycles. The smallest absolute Gasteiger partial charge is 0.410 e. The number of amides is 1. The van der Waals surface area contributed by atoms with Crippen molar-refractivity contribution in [1.82, 2.24) is 15.1 Å². The van der Waals surface area contributed by atoms with Crippen molar-refractivity contribution in [3.05, 3.63) is 35.4 Å². The van der Waals surface area contributed by atoms with E-state index in [0.717, 1.165) is 50.6 Å². The van der Waals surface area contributed by atoms with Crippen LogP contribution in [0.1, 0.15) is 70.4 Å². The molecular formula is C25H37N3O2. The highest BCUT2D eigenvalue weighted by atomic mass is 16.6. The fraction of sp³-hybridized carbons (Fsp3) is 0.720. The van der Waals surface area contributed by atoms with Crippen LogP contribution in [0.5, 0.6) is 0 Å². The zero-order chi connectivity index (χ0) is 20.9. The maximum absolute atomic E-state index is 12.9. The summed E-state index contributed by atoms with van der Waals surface area (Å²) in [5, 5.41) is 3.78. The number of likely N-dealkylation sites (tertiary alicyclic amines) is 1. The lowest BCUT2D eigenvalue weighted by atomic mass is 9.68. The molecule has 1 amide bonds. The number of carbonyl (C=O) groups excluding carboxylic acids is 1. The van der Waals surface area contributed by atoms with Crippen LogP contribution in [0.2, 0.25) is 0 Å². The average Bonchev–Trinajstić information content (AvgIpc) is 3.05. The predicted molar refractivity (Wildman–Crippen MR) is 119 cm³/mol. The van der Waals surface area contributed by atoms with Crippen LogP contribution in [-0.2, 0) is 16.7 Å². The molecule has 3 fully saturated rings. The van der Waals surface area contributed by atoms with Gasteiger partial charge in [-0.25, -0.2) is 4.79 Å². The van der Waals surface area contributed by atoms with Crippen LogP contribution in [0.4, 0.5) is 4.79 Å². The summed E-state index contributed by atoms with van der Waals surface area (Å²) in [4.78, 5) is 17.6. The molecule has 2 bridgehead atoms. The predicted octanol–water partition coefficient (Wildman–Crippen LogP) is 4.05. The topological polar surface area (TPSA) is 44.8 Å². The number of fused-ring (bicyclic) bond motifs is 4. The molecule has 4 aliphatic rings. The number of nitrogens with one attached hydrogen (secondary N) is 1. The SMILES string of the molecule is CC(C)(C)OC(=O)N1Cc2ccccc2C2(CCN(C3CC4CCC(C3)N4)CC2)C1. The first-order valence-electron chi connectivity index (χ1n) is 11.9. The van der Waals surface area contributed by atoms with E-state index in [-0.39, 0.29) is 11.5 Å². The Morgan fingerprint density at radius 2 is 1.77 bits per heavy atom. The third-order valence-corrected chi connectivity index (χ3v) is 7.81. The van der Waals surface area contributed by atoms with Gasteiger partial charge in [-0.3, -0.25) is 0 Å². The van der Waals surface area contributed by atoms with Crippen molar-refractivity contribution in [2.45, 2.75) is 95.0 Å². The normalized spacial score (nSPS) is 30.9. The van der Waals surface area contributed by atoms with Crippen LogP contribution < -0.4 is 5.32 Å². The largest absolute Gasteiger partial charge is 0.444 e. The molecule has 5 nitrogen and oxygen atoms in total. The second kappa shape index (κ2) is 7.52. The molecule has 1 aromatic rings. The zero-order valence-electron chi connectivity index (χ0n) is 18.8. The van der Waals surface area contributed by atoms with Gasteiger partial charge in [-0.15, -0.1) is 0 Å². The Bertz CT molecular complexity index is 782. The lowest BCUT2D eigenvalue weighted by Crippen LogP contribution is -2.57. The van der Waals surface area contributed by atoms with E-state index in [2.05, 4.69) is 34.5 Å². The molecule has 4 heterocycles. The Balaban J connectivity index is 1.33. The summed E-state index contributed by atoms with van der Waals surface area (Å²) in [5.74, 6) is 0. The monoisotopic (exact) mass is 411 g/mol. The molecule has 5 heteroatoms. The lowest BCUT2D eigenvalue weighted by molar-refractivity contribution is 0.00709. The van der Waals surface area contributed by atoms with E-state index in [4.69, 9.17) is 4.74 Å². The number of ether oxygens (including phenoxy) is 1. The number of hydrogen-bond donors (Lipinski definition) is 1. The molecule has 1 spiro atoms. The second-order valence-corrected chi connectivity index (χ2v) is 11.1. The Labute approximate surface area is 181 Å². The first-order chi connectivity index (χ1) is 14.3. The third kappa shape index (κ3) is 3.87. The molecule has 1 N–H and O–H groups in total. The Morgan fingerprint density at radius 1 is 1.10 bits per heavy atom. The van der Waals surface area contributed by atoms with Crippen LogP contribution in [0.25, 0.3) is 0 Å². The van der Waals surface area contributed by atoms with E-state index < -0.39 is 5.60 Å². The van der Waals surface area contributed by atoms with Crippen molar-refractivity contribution >= 4 is 6.09 Å². The zero-order valence-corrected chi connectivity index (χ0v) is 18.8. The lowest BCUT2D eigenvalue weighted by Gasteiger charge is -2.50. The molecule has 0 saturated carbocycles. The van der Waals surface area contributed by atoms with Crippen LogP contribution in [0.15, 0.2) is 24.3 Å². The summed E-state index contributed by atoms with van der Waals surface area (Å²) in [7, 11) is 0. The van der Waals surface area contributed by atoms with Gasteiger partial charge in [0.05, 0.1) is 0 Å². The number of benzene rings is 1. The molecular weight excluding hydrogens is 374 g/mol. The van der Waals surface area contributed by atoms with E-state index in [9.17, 15) is 4.79 Å². The number of carbonyl (C=O) groups is 1. The van der Waals surface area contributed by atoms with Crippen molar-refractivity contribution in [2.75, 3.05) is 19.6 Å². The minimum atomic E-state index is -0.459. The Morgan fingerprint density at radius 3 is 2.43 bits per heavy atom. The molecule has 2 unspecified atom stereocenters. The van der Waals surface area contributed by atoms with Gasteiger partial charge in [-0.05, 0) is 83.5 Å². The van der Waals surface area contributed by atoms with Gasteiger partial charge in [0.15, 0.2) is 0 Å². The first-order valence-corrected chi connectivity index (χ1v) is 11.9. The summed E-state index contributed by atoms with van der Waals surface area (Å²) in [5.41, 5.74) is 2.37. The molecule has 30 heavy (non-hydrogen) atoms. The third-order valence-electron chi connectivity index (χ3n) is 7.81. The van der Waals surface area contributed by atoms with Gasteiger partial charge in [-0.2, -0.15) is 0 Å². The van der Waals surface area contributed by atoms with Gasteiger partial charge in [-0.1, -0.05) is 24.3 Å². The number of hydrogen-bond acceptors (Lipinski definition) is 4. The molecule has 0 aliphatic carbocycles. The fourth-order valence-corrected chi connectivity index (χ4v) is 6.41. The molecule has 2 atom stereocenters. The minimum Gasteiger partial charge on any atom is -0.444 e. The summed E-state index contributed by atoms with van der Waals surface area (Å²) in [6.45, 7) is 9.56. The number of rotatable bonds is 1. The van der Waals surface area contributed by atoms with Crippen LogP contribution in [-0.4, -0.2) is 59.3 Å². The standard InChI is InChI=1S/C25H37N3O2/c1-24(2,3)30-23(29)28-16-18-6-4-5-7-22(18)25(17-28)10-12-27(13-11-25)21-14-19-8-9-20(15-21)26-19/h4-7,19-21,26H,8-17H2,1-3H3. The van der Waals surface area contributed by atoms with Crippen molar-refractivity contribution in [1.29, 1.82) is 0 Å². The van der Waals surface area contributed by atoms with Crippen LogP contribution >= 0.6 is 0 Å². The van der Waals surface area contributed by atoms with E-state index >= 15 is 0 Å². The highest BCUT2D eigenvalue weighted by molar-refractivity contribution is 5.69. The summed E-state index contributed by atoms with van der Waals surface area (Å²) < 4.78 is 5.74. The highest BCUT2D eigenvalue weighted by Gasteiger charge is 2.45. The highest BCUT2D eigenvalue weighted by Crippen LogP contribution is 2.43. The minimum absolute atomic E-state index is 0.0636. The van der Waals surface area contributed by atoms with Gasteiger partial charge in [0.25, 0.3) is 0 Å². The fourth-order valence-electron chi connectivity index (χ4n) is 6.41. The molecule has 1 aromatic carbocycles. The number of piperidine rings is 2. The molecule has 0 aromatic heterocycles. The van der Waals surface area contributed by atoms with Gasteiger partial charge in [0, 0.05) is 36.6 Å². The molecule has 164 valence electrons. The van der Waals surface area contributed by atoms with Crippen molar-refractivity contribution in [3.8, 4) is 0 Å². The molecule has 5 rings (SSSR count). The van der Waals surface area contributed by atoms with Gasteiger partial charge >= 0.3 is 6.09 Å². The second-order valence-electron chi connectivity index (χ2n) is 11.1. The maximum Gasteiger partial charge on any atom is 0.410 e. The van der Waals surface area contributed by atoms with Gasteiger partial charge in [0.2, 0.25) is 0 Å². The number of nitrogens with zero attached hydrogens (tertiary/aromatic N) is 2. The van der Waals surface area contributed by atoms with Gasteiger partial charge in [0.1, 0.15) is 5.60 Å². The van der Waals surface area contributed by atoms with Crippen LogP contribution in [0, 0.1) is 0 Å². The first kappa shape index (κ1) is 20.3. The quantitative estimate of drug-likeness (QED) is 0.757. The van der Waals surface area contributed by atoms with Gasteiger partial charge < -0.3 is 19.9 Å².